The van der Waals surface area contributed by atoms with Crippen molar-refractivity contribution in [1.82, 2.24) is 29.8 Å². The largest absolute Gasteiger partial charge is 0.489 e. The van der Waals surface area contributed by atoms with Crippen LogP contribution in [0.15, 0.2) is 36.7 Å². The number of aromatic nitrogens is 4. The Bertz CT molecular complexity index is 1410. The van der Waals surface area contributed by atoms with Crippen molar-refractivity contribution in [1.29, 1.82) is 0 Å². The zero-order valence-corrected chi connectivity index (χ0v) is 21.9. The van der Waals surface area contributed by atoms with Gasteiger partial charge in [0, 0.05) is 61.1 Å². The van der Waals surface area contributed by atoms with Crippen molar-refractivity contribution in [2.45, 2.75) is 39.3 Å². The molecule has 8 nitrogen and oxygen atoms in total. The molecule has 1 aliphatic heterocycles. The van der Waals surface area contributed by atoms with Gasteiger partial charge in [-0.1, -0.05) is 12.1 Å². The number of hydrogen-bond donors (Lipinski definition) is 3. The molecule has 1 aromatic carbocycles. The molecule has 5 rings (SSSR count). The van der Waals surface area contributed by atoms with E-state index in [9.17, 15) is 5.11 Å². The molecule has 0 saturated carbocycles. The number of pyridine rings is 1. The lowest BCUT2D eigenvalue weighted by Gasteiger charge is -2.18. The highest BCUT2D eigenvalue weighted by atomic mass is 19.1. The van der Waals surface area contributed by atoms with Gasteiger partial charge in [0.1, 0.15) is 11.8 Å². The molecule has 0 bridgehead atoms. The van der Waals surface area contributed by atoms with Gasteiger partial charge >= 0.3 is 0 Å². The smallest absolute Gasteiger partial charge is 0.168 e. The van der Waals surface area contributed by atoms with Crippen LogP contribution in [0.5, 0.6) is 5.75 Å². The Morgan fingerprint density at radius 1 is 1.27 bits per heavy atom. The minimum Gasteiger partial charge on any atom is -0.489 e. The van der Waals surface area contributed by atoms with Crippen molar-refractivity contribution in [2.75, 3.05) is 26.7 Å². The maximum Gasteiger partial charge on any atom is 0.168 e. The summed E-state index contributed by atoms with van der Waals surface area (Å²) in [5.41, 5.74) is 6.56. The highest BCUT2D eigenvalue weighted by molar-refractivity contribution is 5.72. The van der Waals surface area contributed by atoms with E-state index in [1.54, 1.807) is 17.7 Å². The molecule has 1 saturated heterocycles. The average Bonchev–Trinajstić information content (AvgIpc) is 3.63. The fourth-order valence-electron chi connectivity index (χ4n) is 5.17. The van der Waals surface area contributed by atoms with Crippen LogP contribution in [0, 0.1) is 25.6 Å². The first-order chi connectivity index (χ1) is 17.9. The monoisotopic (exact) mass is 506 g/mol. The molecule has 0 spiro atoms. The Hall–Kier alpha value is -3.27. The molecule has 4 aromatic rings. The highest BCUT2D eigenvalue weighted by Crippen LogP contribution is 2.35. The summed E-state index contributed by atoms with van der Waals surface area (Å²) in [7, 11) is 3.78. The summed E-state index contributed by atoms with van der Waals surface area (Å²) in [6.07, 6.45) is 4.62. The fourth-order valence-corrected chi connectivity index (χ4v) is 5.17. The second-order valence-corrected chi connectivity index (χ2v) is 9.87. The molecule has 3 aromatic heterocycles. The van der Waals surface area contributed by atoms with Gasteiger partial charge in [0.25, 0.3) is 0 Å². The molecule has 196 valence electrons. The van der Waals surface area contributed by atoms with Gasteiger partial charge in [-0.2, -0.15) is 5.10 Å². The van der Waals surface area contributed by atoms with Crippen LogP contribution in [-0.2, 0) is 20.0 Å². The van der Waals surface area contributed by atoms with E-state index in [2.05, 4.69) is 20.7 Å². The molecule has 2 unspecified atom stereocenters. The number of aryl methyl sites for hydroxylation is 2. The van der Waals surface area contributed by atoms with Gasteiger partial charge in [0.2, 0.25) is 0 Å². The second kappa shape index (κ2) is 10.6. The standard InChI is InChI=1S/C28H35FN6O2/c1-17-5-7-23(20-6-8-24-32-15-21(14-30-3)35(24)16-20)28(25(17)29)37-12-10-22-18(2)34(4)33-26(22)27(36)19-9-11-31-13-19/h5-8,15-16,19,27,30-31,36H,9-14H2,1-4H3. The Kier molecular flexibility index (Phi) is 7.28. The lowest BCUT2D eigenvalue weighted by molar-refractivity contribution is 0.112. The van der Waals surface area contributed by atoms with E-state index in [-0.39, 0.29) is 24.1 Å². The highest BCUT2D eigenvalue weighted by Gasteiger charge is 2.29. The molecule has 1 aliphatic rings. The number of aliphatic hydroxyl groups is 1. The van der Waals surface area contributed by atoms with Gasteiger partial charge in [-0.15, -0.1) is 0 Å². The number of ether oxygens (including phenoxy) is 1. The molecule has 9 heteroatoms. The number of imidazole rings is 1. The number of fused-ring (bicyclic) bond motifs is 1. The van der Waals surface area contributed by atoms with Crippen molar-refractivity contribution in [3.05, 3.63) is 70.7 Å². The molecule has 37 heavy (non-hydrogen) atoms. The SMILES string of the molecule is CNCc1cnc2ccc(-c3ccc(C)c(F)c3OCCc3c(C(O)C4CCNC4)nn(C)c3C)cn12. The maximum absolute atomic E-state index is 15.4. The molecule has 0 amide bonds. The number of nitrogens with one attached hydrogen (secondary N) is 2. The number of aliphatic hydroxyl groups excluding tert-OH is 1. The van der Waals surface area contributed by atoms with E-state index in [4.69, 9.17) is 4.74 Å². The van der Waals surface area contributed by atoms with Gasteiger partial charge in [-0.05, 0) is 51.6 Å². The van der Waals surface area contributed by atoms with Crippen molar-refractivity contribution in [3.8, 4) is 16.9 Å². The van der Waals surface area contributed by atoms with Crippen LogP contribution in [0.2, 0.25) is 0 Å². The minimum atomic E-state index is -0.634. The number of hydrogen-bond acceptors (Lipinski definition) is 6. The summed E-state index contributed by atoms with van der Waals surface area (Å²) in [6.45, 7) is 6.36. The Morgan fingerprint density at radius 3 is 2.86 bits per heavy atom. The van der Waals surface area contributed by atoms with Crippen molar-refractivity contribution >= 4 is 5.65 Å². The zero-order valence-electron chi connectivity index (χ0n) is 21.9. The van der Waals surface area contributed by atoms with Crippen LogP contribution in [0.25, 0.3) is 16.8 Å². The van der Waals surface area contributed by atoms with Gasteiger partial charge in [0.05, 0.1) is 24.2 Å². The van der Waals surface area contributed by atoms with Crippen LogP contribution in [0.4, 0.5) is 4.39 Å². The minimum absolute atomic E-state index is 0.140. The van der Waals surface area contributed by atoms with Crippen molar-refractivity contribution in [3.63, 3.8) is 0 Å². The predicted octanol–water partition coefficient (Wildman–Crippen LogP) is 3.47. The lowest BCUT2D eigenvalue weighted by atomic mass is 9.95. The lowest BCUT2D eigenvalue weighted by Crippen LogP contribution is -2.18. The molecular weight excluding hydrogens is 471 g/mol. The third kappa shape index (κ3) is 4.86. The molecule has 3 N–H and O–H groups in total. The summed E-state index contributed by atoms with van der Waals surface area (Å²) in [4.78, 5) is 4.46. The van der Waals surface area contributed by atoms with E-state index < -0.39 is 6.10 Å². The van der Waals surface area contributed by atoms with Crippen LogP contribution >= 0.6 is 0 Å². The van der Waals surface area contributed by atoms with Gasteiger partial charge in [0.15, 0.2) is 11.6 Å². The Balaban J connectivity index is 1.42. The summed E-state index contributed by atoms with van der Waals surface area (Å²) in [6, 6.07) is 7.55. The molecule has 0 aliphatic carbocycles. The van der Waals surface area contributed by atoms with Crippen molar-refractivity contribution < 1.29 is 14.2 Å². The number of rotatable bonds is 9. The topological polar surface area (TPSA) is 88.6 Å². The van der Waals surface area contributed by atoms with E-state index in [0.717, 1.165) is 47.7 Å². The summed E-state index contributed by atoms with van der Waals surface area (Å²) >= 11 is 0. The first-order valence-corrected chi connectivity index (χ1v) is 12.8. The quantitative estimate of drug-likeness (QED) is 0.322. The normalized spacial score (nSPS) is 16.5. The van der Waals surface area contributed by atoms with E-state index in [1.807, 2.05) is 56.0 Å². The maximum atomic E-state index is 15.4. The third-order valence-corrected chi connectivity index (χ3v) is 7.45. The van der Waals surface area contributed by atoms with Crippen LogP contribution in [-0.4, -0.2) is 51.0 Å². The molecule has 4 heterocycles. The molecule has 1 fully saturated rings. The van der Waals surface area contributed by atoms with Crippen molar-refractivity contribution in [2.24, 2.45) is 13.0 Å². The van der Waals surface area contributed by atoms with Crippen LogP contribution in [0.1, 0.15) is 40.7 Å². The second-order valence-electron chi connectivity index (χ2n) is 9.87. The summed E-state index contributed by atoms with van der Waals surface area (Å²) in [5.74, 6) is 0.0119. The Labute approximate surface area is 216 Å². The molecule has 0 radical (unpaired) electrons. The van der Waals surface area contributed by atoms with Gasteiger partial charge in [-0.25, -0.2) is 9.37 Å². The summed E-state index contributed by atoms with van der Waals surface area (Å²) < 4.78 is 25.4. The molecular formula is C28H35FN6O2. The van der Waals surface area contributed by atoms with E-state index in [0.29, 0.717) is 29.8 Å². The fraction of sp³-hybridized carbons (Fsp3) is 0.429. The number of halogens is 1. The first kappa shape index (κ1) is 25.4. The van der Waals surface area contributed by atoms with Gasteiger partial charge < -0.3 is 24.9 Å². The molecule has 2 atom stereocenters. The number of nitrogens with zero attached hydrogens (tertiary/aromatic N) is 4. The Morgan fingerprint density at radius 2 is 2.11 bits per heavy atom. The van der Waals surface area contributed by atoms with E-state index >= 15 is 4.39 Å². The predicted molar refractivity (Wildman–Crippen MR) is 141 cm³/mol. The number of benzene rings is 1. The van der Waals surface area contributed by atoms with E-state index in [1.165, 1.54) is 0 Å². The average molecular weight is 507 g/mol. The first-order valence-electron chi connectivity index (χ1n) is 12.8. The van der Waals surface area contributed by atoms with Crippen LogP contribution in [0.3, 0.4) is 0 Å². The van der Waals surface area contributed by atoms with Gasteiger partial charge in [-0.3, -0.25) is 4.68 Å². The zero-order chi connectivity index (χ0) is 26.1. The third-order valence-electron chi connectivity index (χ3n) is 7.45. The van der Waals surface area contributed by atoms with Crippen LogP contribution < -0.4 is 15.4 Å². The summed E-state index contributed by atoms with van der Waals surface area (Å²) in [5, 5.41) is 22.1.